The van der Waals surface area contributed by atoms with Gasteiger partial charge in [0.05, 0.1) is 11.5 Å². The third-order valence-corrected chi connectivity index (χ3v) is 5.08. The number of sulfonamides is 1. The highest BCUT2D eigenvalue weighted by Crippen LogP contribution is 2.26. The predicted octanol–water partition coefficient (Wildman–Crippen LogP) is 3.80. The zero-order valence-electron chi connectivity index (χ0n) is 15.6. The van der Waals surface area contributed by atoms with Crippen LogP contribution in [0.2, 0.25) is 5.02 Å². The molecule has 152 valence electrons. The molecule has 0 saturated carbocycles. The molecule has 3 rings (SSSR count). The molecule has 1 aromatic heterocycles. The Hall–Kier alpha value is -2.72. The molecule has 8 nitrogen and oxygen atoms in total. The second-order valence-electron chi connectivity index (χ2n) is 6.05. The first-order valence-corrected chi connectivity index (χ1v) is 10.6. The number of nitrogens with zero attached hydrogens (tertiary/aromatic N) is 2. The standard InChI is InChI=1S/C19H20ClN5O3S/c1-2-28-11-13-3-8-16(29(21,26)27)9-17(13)25-19-10-18(22-12-23-19)24-15-6-4-14(20)5-7-15/h3-10,12H,2,11H2,1H3,(H2,21,26,27)(H2,22,23,24,25). The molecule has 0 atom stereocenters. The van der Waals surface area contributed by atoms with Crippen molar-refractivity contribution >= 4 is 44.6 Å². The average molecular weight is 434 g/mol. The summed E-state index contributed by atoms with van der Waals surface area (Å²) in [5.74, 6) is 1.03. The average Bonchev–Trinajstić information content (AvgIpc) is 2.68. The number of rotatable bonds is 8. The second kappa shape index (κ2) is 9.19. The summed E-state index contributed by atoms with van der Waals surface area (Å²) in [4.78, 5) is 8.38. The Morgan fingerprint density at radius 1 is 1.03 bits per heavy atom. The van der Waals surface area contributed by atoms with Crippen LogP contribution in [0.3, 0.4) is 0 Å². The third kappa shape index (κ3) is 5.88. The molecule has 0 saturated heterocycles. The van der Waals surface area contributed by atoms with Gasteiger partial charge in [-0.15, -0.1) is 0 Å². The second-order valence-corrected chi connectivity index (χ2v) is 8.04. The van der Waals surface area contributed by atoms with Crippen LogP contribution in [0.5, 0.6) is 0 Å². The van der Waals surface area contributed by atoms with E-state index in [9.17, 15) is 8.42 Å². The van der Waals surface area contributed by atoms with Crippen molar-refractivity contribution in [3.05, 3.63) is 65.4 Å². The van der Waals surface area contributed by atoms with Gasteiger partial charge in [-0.2, -0.15) is 0 Å². The van der Waals surface area contributed by atoms with E-state index in [-0.39, 0.29) is 4.90 Å². The van der Waals surface area contributed by atoms with E-state index in [1.807, 2.05) is 19.1 Å². The van der Waals surface area contributed by atoms with E-state index < -0.39 is 10.0 Å². The zero-order chi connectivity index (χ0) is 20.9. The van der Waals surface area contributed by atoms with Crippen molar-refractivity contribution < 1.29 is 13.2 Å². The summed E-state index contributed by atoms with van der Waals surface area (Å²) in [6, 6.07) is 13.4. The van der Waals surface area contributed by atoms with Crippen LogP contribution in [-0.4, -0.2) is 25.0 Å². The van der Waals surface area contributed by atoms with Crippen molar-refractivity contribution in [2.75, 3.05) is 17.2 Å². The summed E-state index contributed by atoms with van der Waals surface area (Å²) < 4.78 is 28.9. The van der Waals surface area contributed by atoms with E-state index in [0.29, 0.717) is 35.6 Å². The fraction of sp³-hybridized carbons (Fsp3) is 0.158. The van der Waals surface area contributed by atoms with E-state index in [1.54, 1.807) is 24.3 Å². The van der Waals surface area contributed by atoms with Crippen LogP contribution in [0.1, 0.15) is 12.5 Å². The van der Waals surface area contributed by atoms with Crippen molar-refractivity contribution in [3.8, 4) is 0 Å². The Labute approximate surface area is 174 Å². The van der Waals surface area contributed by atoms with Crippen LogP contribution in [0.15, 0.2) is 59.8 Å². The van der Waals surface area contributed by atoms with E-state index in [4.69, 9.17) is 21.5 Å². The zero-order valence-corrected chi connectivity index (χ0v) is 17.2. The number of nitrogens with two attached hydrogens (primary N) is 1. The maximum Gasteiger partial charge on any atom is 0.238 e. The van der Waals surface area contributed by atoms with Crippen molar-refractivity contribution in [1.29, 1.82) is 0 Å². The van der Waals surface area contributed by atoms with Crippen molar-refractivity contribution in [2.24, 2.45) is 5.14 Å². The fourth-order valence-electron chi connectivity index (χ4n) is 2.50. The normalized spacial score (nSPS) is 11.3. The minimum absolute atomic E-state index is 0.00572. The molecular formula is C19H20ClN5O3S. The molecule has 0 bridgehead atoms. The number of anilines is 4. The Morgan fingerprint density at radius 3 is 2.38 bits per heavy atom. The molecule has 1 heterocycles. The molecule has 29 heavy (non-hydrogen) atoms. The highest BCUT2D eigenvalue weighted by molar-refractivity contribution is 7.89. The number of ether oxygens (including phenoxy) is 1. The molecule has 0 aliphatic heterocycles. The molecule has 0 aliphatic carbocycles. The minimum Gasteiger partial charge on any atom is -0.377 e. The molecule has 0 spiro atoms. The molecule has 0 aliphatic rings. The van der Waals surface area contributed by atoms with Gasteiger partial charge in [0, 0.05) is 34.6 Å². The maximum atomic E-state index is 11.7. The first-order valence-electron chi connectivity index (χ1n) is 8.70. The number of nitrogens with one attached hydrogen (secondary N) is 2. The Kier molecular flexibility index (Phi) is 6.65. The van der Waals surface area contributed by atoms with Crippen molar-refractivity contribution in [1.82, 2.24) is 9.97 Å². The molecule has 0 unspecified atom stereocenters. The van der Waals surface area contributed by atoms with Crippen LogP contribution < -0.4 is 15.8 Å². The van der Waals surface area contributed by atoms with Gasteiger partial charge in [-0.1, -0.05) is 17.7 Å². The molecule has 0 amide bonds. The van der Waals surface area contributed by atoms with Crippen LogP contribution in [0, 0.1) is 0 Å². The third-order valence-electron chi connectivity index (χ3n) is 3.92. The lowest BCUT2D eigenvalue weighted by molar-refractivity contribution is 0.134. The molecule has 4 N–H and O–H groups in total. The van der Waals surface area contributed by atoms with Crippen molar-refractivity contribution in [2.45, 2.75) is 18.4 Å². The smallest absolute Gasteiger partial charge is 0.238 e. The van der Waals surface area contributed by atoms with Crippen LogP contribution in [-0.2, 0) is 21.4 Å². The van der Waals surface area contributed by atoms with Crippen LogP contribution in [0.25, 0.3) is 0 Å². The van der Waals surface area contributed by atoms with E-state index in [0.717, 1.165) is 11.3 Å². The van der Waals surface area contributed by atoms with Gasteiger partial charge in [0.15, 0.2) is 0 Å². The SMILES string of the molecule is CCOCc1ccc(S(N)(=O)=O)cc1Nc1cc(Nc2ccc(Cl)cc2)ncn1. The van der Waals surface area contributed by atoms with Gasteiger partial charge in [-0.05, 0) is 43.3 Å². The summed E-state index contributed by atoms with van der Waals surface area (Å²) >= 11 is 5.90. The summed E-state index contributed by atoms with van der Waals surface area (Å²) in [5.41, 5.74) is 2.11. The molecule has 2 aromatic carbocycles. The Balaban J connectivity index is 1.87. The summed E-state index contributed by atoms with van der Waals surface area (Å²) in [6.45, 7) is 2.72. The van der Waals surface area contributed by atoms with E-state index in [2.05, 4.69) is 20.6 Å². The lowest BCUT2D eigenvalue weighted by Gasteiger charge is -2.14. The Bertz CT molecular complexity index is 1090. The van der Waals surface area contributed by atoms with Gasteiger partial charge in [0.1, 0.15) is 18.0 Å². The topological polar surface area (TPSA) is 119 Å². The largest absolute Gasteiger partial charge is 0.377 e. The monoisotopic (exact) mass is 433 g/mol. The van der Waals surface area contributed by atoms with Gasteiger partial charge < -0.3 is 15.4 Å². The molecule has 0 radical (unpaired) electrons. The number of aromatic nitrogens is 2. The first kappa shape index (κ1) is 21.0. The lowest BCUT2D eigenvalue weighted by atomic mass is 10.2. The Morgan fingerprint density at radius 2 is 1.72 bits per heavy atom. The highest BCUT2D eigenvalue weighted by atomic mass is 35.5. The van der Waals surface area contributed by atoms with E-state index in [1.165, 1.54) is 18.5 Å². The molecule has 3 aromatic rings. The van der Waals surface area contributed by atoms with E-state index >= 15 is 0 Å². The highest BCUT2D eigenvalue weighted by Gasteiger charge is 2.13. The van der Waals surface area contributed by atoms with Gasteiger partial charge >= 0.3 is 0 Å². The number of halogens is 1. The summed E-state index contributed by atoms with van der Waals surface area (Å²) in [5, 5.41) is 12.2. The van der Waals surface area contributed by atoms with Gasteiger partial charge in [-0.25, -0.2) is 23.5 Å². The van der Waals surface area contributed by atoms with Crippen LogP contribution in [0.4, 0.5) is 23.0 Å². The number of hydrogen-bond donors (Lipinski definition) is 3. The summed E-state index contributed by atoms with van der Waals surface area (Å²) in [6.07, 6.45) is 1.40. The molecule has 0 fully saturated rings. The van der Waals surface area contributed by atoms with Crippen molar-refractivity contribution in [3.63, 3.8) is 0 Å². The fourth-order valence-corrected chi connectivity index (χ4v) is 3.17. The van der Waals surface area contributed by atoms with Gasteiger partial charge in [-0.3, -0.25) is 0 Å². The molecular weight excluding hydrogens is 414 g/mol. The first-order chi connectivity index (χ1) is 13.8. The number of hydrogen-bond acceptors (Lipinski definition) is 7. The molecule has 10 heteroatoms. The maximum absolute atomic E-state index is 11.7. The summed E-state index contributed by atoms with van der Waals surface area (Å²) in [7, 11) is -3.84. The minimum atomic E-state index is -3.84. The number of primary sulfonamides is 1. The predicted molar refractivity (Wildman–Crippen MR) is 113 cm³/mol. The quantitative estimate of drug-likeness (QED) is 0.494. The van der Waals surface area contributed by atoms with Gasteiger partial charge in [0.25, 0.3) is 0 Å². The number of benzene rings is 2. The van der Waals surface area contributed by atoms with Gasteiger partial charge in [0.2, 0.25) is 10.0 Å². The lowest BCUT2D eigenvalue weighted by Crippen LogP contribution is -2.13. The van der Waals surface area contributed by atoms with Crippen LogP contribution >= 0.6 is 11.6 Å².